The first-order chi connectivity index (χ1) is 8.52. The zero-order chi connectivity index (χ0) is 13.5. The monoisotopic (exact) mass is 268 g/mol. The molecular weight excluding hydrogens is 244 g/mol. The van der Waals surface area contributed by atoms with Gasteiger partial charge in [0.25, 0.3) is 0 Å². The van der Waals surface area contributed by atoms with E-state index in [4.69, 9.17) is 0 Å². The highest BCUT2D eigenvalue weighted by Crippen LogP contribution is 2.16. The second kappa shape index (κ2) is 7.67. The van der Waals surface area contributed by atoms with E-state index in [2.05, 4.69) is 30.8 Å². The van der Waals surface area contributed by atoms with Gasteiger partial charge in [0.05, 0.1) is 11.4 Å². The lowest BCUT2D eigenvalue weighted by Crippen LogP contribution is -2.36. The number of thiophene rings is 1. The molecule has 0 fully saturated rings. The Morgan fingerprint density at radius 1 is 1.22 bits per heavy atom. The largest absolute Gasteiger partial charge is 0.308 e. The number of Topliss-reactive ketones (excluding diaryl/α,β-unsaturated/α-hetero) is 1. The van der Waals surface area contributed by atoms with Gasteiger partial charge in [0.15, 0.2) is 5.78 Å². The zero-order valence-corrected chi connectivity index (χ0v) is 12.7. The Morgan fingerprint density at radius 2 is 1.94 bits per heavy atom. The Hall–Kier alpha value is -0.710. The average molecular weight is 268 g/mol. The van der Waals surface area contributed by atoms with Gasteiger partial charge in [-0.05, 0) is 46.1 Å². The maximum atomic E-state index is 12.1. The quantitative estimate of drug-likeness (QED) is 0.677. The first-order valence-corrected chi connectivity index (χ1v) is 7.31. The van der Waals surface area contributed by atoms with Crippen LogP contribution in [0, 0.1) is 6.92 Å². The summed E-state index contributed by atoms with van der Waals surface area (Å²) in [4.78, 5) is 18.6. The van der Waals surface area contributed by atoms with Gasteiger partial charge in [0, 0.05) is 18.0 Å². The minimum atomic E-state index is 0.250. The molecule has 3 nitrogen and oxygen atoms in total. The fourth-order valence-electron chi connectivity index (χ4n) is 1.79. The number of carbonyl (C=O) groups is 1. The van der Waals surface area contributed by atoms with Crippen LogP contribution in [0.3, 0.4) is 0 Å². The Balaban J connectivity index is 2.51. The molecule has 0 amide bonds. The SMILES string of the molecule is CCCN(CCN(C)C)CC(=O)c1ccc(C)s1. The van der Waals surface area contributed by atoms with Crippen molar-refractivity contribution in [2.45, 2.75) is 20.3 Å². The summed E-state index contributed by atoms with van der Waals surface area (Å²) in [6.07, 6.45) is 1.09. The average Bonchev–Trinajstić information content (AvgIpc) is 2.73. The molecule has 0 spiro atoms. The highest BCUT2D eigenvalue weighted by molar-refractivity contribution is 7.14. The Bertz CT molecular complexity index is 374. The third kappa shape index (κ3) is 5.29. The number of rotatable bonds is 8. The van der Waals surface area contributed by atoms with Gasteiger partial charge in [0.2, 0.25) is 0 Å². The summed E-state index contributed by atoms with van der Waals surface area (Å²) in [7, 11) is 4.13. The molecule has 4 heteroatoms. The van der Waals surface area contributed by atoms with E-state index >= 15 is 0 Å². The van der Waals surface area contributed by atoms with Crippen LogP contribution in [0.15, 0.2) is 12.1 Å². The van der Waals surface area contributed by atoms with Crippen LogP contribution in [0.5, 0.6) is 0 Å². The lowest BCUT2D eigenvalue weighted by molar-refractivity contribution is 0.0929. The van der Waals surface area contributed by atoms with Crippen LogP contribution in [0.2, 0.25) is 0 Å². The Kier molecular flexibility index (Phi) is 6.54. The van der Waals surface area contributed by atoms with Crippen LogP contribution >= 0.6 is 11.3 Å². The minimum absolute atomic E-state index is 0.250. The molecule has 1 aromatic rings. The first kappa shape index (κ1) is 15.3. The van der Waals surface area contributed by atoms with Gasteiger partial charge >= 0.3 is 0 Å². The van der Waals surface area contributed by atoms with E-state index in [9.17, 15) is 4.79 Å². The summed E-state index contributed by atoms with van der Waals surface area (Å²) in [5.41, 5.74) is 0. The smallest absolute Gasteiger partial charge is 0.186 e. The van der Waals surface area contributed by atoms with Gasteiger partial charge in [-0.3, -0.25) is 9.69 Å². The van der Waals surface area contributed by atoms with Crippen LogP contribution in [0.25, 0.3) is 0 Å². The standard InChI is InChI=1S/C14H24N2OS/c1-5-8-16(10-9-15(3)4)11-13(17)14-7-6-12(2)18-14/h6-7H,5,8-11H2,1-4H3. The van der Waals surface area contributed by atoms with Crippen molar-refractivity contribution in [3.8, 4) is 0 Å². The molecule has 1 heterocycles. The molecule has 0 bridgehead atoms. The summed E-state index contributed by atoms with van der Waals surface area (Å²) in [5, 5.41) is 0. The lowest BCUT2D eigenvalue weighted by Gasteiger charge is -2.22. The molecule has 0 aliphatic heterocycles. The number of likely N-dealkylation sites (N-methyl/N-ethyl adjacent to an activating group) is 1. The number of ketones is 1. The normalized spacial score (nSPS) is 11.4. The second-order valence-electron chi connectivity index (χ2n) is 4.91. The molecule has 0 N–H and O–H groups in total. The lowest BCUT2D eigenvalue weighted by atomic mass is 10.2. The molecule has 1 rings (SSSR count). The van der Waals surface area contributed by atoms with E-state index in [-0.39, 0.29) is 5.78 Å². The van der Waals surface area contributed by atoms with Crippen molar-refractivity contribution in [2.24, 2.45) is 0 Å². The summed E-state index contributed by atoms with van der Waals surface area (Å²) in [6, 6.07) is 3.96. The van der Waals surface area contributed by atoms with Crippen LogP contribution < -0.4 is 0 Å². The highest BCUT2D eigenvalue weighted by Gasteiger charge is 2.13. The predicted octanol–water partition coefficient (Wildman–Crippen LogP) is 2.51. The van der Waals surface area contributed by atoms with E-state index in [1.165, 1.54) is 4.88 Å². The Labute approximate surface area is 114 Å². The van der Waals surface area contributed by atoms with Crippen LogP contribution in [0.4, 0.5) is 0 Å². The van der Waals surface area contributed by atoms with E-state index in [0.717, 1.165) is 30.9 Å². The van der Waals surface area contributed by atoms with Crippen LogP contribution in [-0.2, 0) is 0 Å². The van der Waals surface area contributed by atoms with Crippen molar-refractivity contribution in [1.82, 2.24) is 9.80 Å². The summed E-state index contributed by atoms with van der Waals surface area (Å²) in [5.74, 6) is 0.250. The molecule has 0 atom stereocenters. The molecule has 0 radical (unpaired) electrons. The van der Waals surface area contributed by atoms with Crippen molar-refractivity contribution in [2.75, 3.05) is 40.3 Å². The van der Waals surface area contributed by atoms with Crippen LogP contribution in [-0.4, -0.2) is 55.9 Å². The number of aryl methyl sites for hydroxylation is 1. The van der Waals surface area contributed by atoms with E-state index in [1.807, 2.05) is 19.1 Å². The van der Waals surface area contributed by atoms with Gasteiger partial charge in [-0.25, -0.2) is 0 Å². The molecule has 0 aliphatic carbocycles. The zero-order valence-electron chi connectivity index (χ0n) is 11.9. The summed E-state index contributed by atoms with van der Waals surface area (Å²) in [6.45, 7) is 7.68. The molecule has 0 saturated carbocycles. The highest BCUT2D eigenvalue weighted by atomic mass is 32.1. The molecule has 0 unspecified atom stereocenters. The van der Waals surface area contributed by atoms with Crippen molar-refractivity contribution in [3.05, 3.63) is 21.9 Å². The van der Waals surface area contributed by atoms with Gasteiger partial charge in [-0.1, -0.05) is 6.92 Å². The maximum Gasteiger partial charge on any atom is 0.186 e. The third-order valence-corrected chi connectivity index (χ3v) is 3.83. The predicted molar refractivity (Wildman–Crippen MR) is 78.7 cm³/mol. The number of nitrogens with zero attached hydrogens (tertiary/aromatic N) is 2. The van der Waals surface area contributed by atoms with Crippen molar-refractivity contribution in [3.63, 3.8) is 0 Å². The molecular formula is C14H24N2OS. The first-order valence-electron chi connectivity index (χ1n) is 6.49. The van der Waals surface area contributed by atoms with Crippen molar-refractivity contribution in [1.29, 1.82) is 0 Å². The second-order valence-corrected chi connectivity index (χ2v) is 6.20. The third-order valence-electron chi connectivity index (χ3n) is 2.79. The molecule has 0 saturated heterocycles. The number of carbonyl (C=O) groups excluding carboxylic acids is 1. The van der Waals surface area contributed by atoms with Crippen molar-refractivity contribution >= 4 is 17.1 Å². The molecule has 0 aromatic carbocycles. The molecule has 0 aliphatic rings. The molecule has 1 aromatic heterocycles. The topological polar surface area (TPSA) is 23.6 Å². The van der Waals surface area contributed by atoms with E-state index in [0.29, 0.717) is 6.54 Å². The summed E-state index contributed by atoms with van der Waals surface area (Å²) < 4.78 is 0. The van der Waals surface area contributed by atoms with Gasteiger partial charge in [-0.15, -0.1) is 11.3 Å². The van der Waals surface area contributed by atoms with Gasteiger partial charge in [-0.2, -0.15) is 0 Å². The molecule has 102 valence electrons. The van der Waals surface area contributed by atoms with E-state index < -0.39 is 0 Å². The van der Waals surface area contributed by atoms with E-state index in [1.54, 1.807) is 11.3 Å². The fraction of sp³-hybridized carbons (Fsp3) is 0.643. The molecule has 18 heavy (non-hydrogen) atoms. The fourth-order valence-corrected chi connectivity index (χ4v) is 2.59. The maximum absolute atomic E-state index is 12.1. The number of hydrogen-bond acceptors (Lipinski definition) is 4. The number of hydrogen-bond donors (Lipinski definition) is 0. The Morgan fingerprint density at radius 3 is 2.44 bits per heavy atom. The van der Waals surface area contributed by atoms with Crippen molar-refractivity contribution < 1.29 is 4.79 Å². The van der Waals surface area contributed by atoms with Crippen LogP contribution in [0.1, 0.15) is 27.9 Å². The van der Waals surface area contributed by atoms with Gasteiger partial charge < -0.3 is 4.90 Å². The summed E-state index contributed by atoms with van der Waals surface area (Å²) >= 11 is 1.59. The minimum Gasteiger partial charge on any atom is -0.308 e. The van der Waals surface area contributed by atoms with Gasteiger partial charge in [0.1, 0.15) is 0 Å².